The predicted octanol–water partition coefficient (Wildman–Crippen LogP) is 1.13. The normalized spacial score (nSPS) is 17.9. The Morgan fingerprint density at radius 3 is 2.61 bits per heavy atom. The largest absolute Gasteiger partial charge is 0.481 e. The van der Waals surface area contributed by atoms with E-state index in [4.69, 9.17) is 5.11 Å². The monoisotopic (exact) mass is 360 g/mol. The maximum atomic E-state index is 12.4. The lowest BCUT2D eigenvalue weighted by molar-refractivity contribution is -0.138. The van der Waals surface area contributed by atoms with Gasteiger partial charge >= 0.3 is 5.97 Å². The average molecular weight is 360 g/mol. The van der Waals surface area contributed by atoms with Crippen LogP contribution in [0.5, 0.6) is 0 Å². The van der Waals surface area contributed by atoms with Crippen LogP contribution in [0.3, 0.4) is 0 Å². The van der Waals surface area contributed by atoms with Gasteiger partial charge in [0.15, 0.2) is 0 Å². The van der Waals surface area contributed by atoms with Crippen LogP contribution in [0.2, 0.25) is 0 Å². The van der Waals surface area contributed by atoms with Crippen LogP contribution in [0.15, 0.2) is 21.7 Å². The first-order chi connectivity index (χ1) is 10.8. The van der Waals surface area contributed by atoms with Crippen LogP contribution in [0.25, 0.3) is 0 Å². The number of thiophene rings is 1. The van der Waals surface area contributed by atoms with Crippen LogP contribution in [0.4, 0.5) is 0 Å². The van der Waals surface area contributed by atoms with Crippen LogP contribution in [-0.2, 0) is 19.6 Å². The van der Waals surface area contributed by atoms with Crippen molar-refractivity contribution in [2.75, 3.05) is 13.1 Å². The molecule has 1 saturated heterocycles. The third-order valence-corrected chi connectivity index (χ3v) is 6.79. The number of sulfonamides is 1. The number of hydrogen-bond donors (Lipinski definition) is 2. The van der Waals surface area contributed by atoms with E-state index >= 15 is 0 Å². The number of carbonyl (C=O) groups excluding carboxylic acids is 1. The van der Waals surface area contributed by atoms with E-state index in [0.717, 1.165) is 11.3 Å². The molecule has 9 heteroatoms. The Balaban J connectivity index is 1.90. The zero-order chi connectivity index (χ0) is 17.0. The van der Waals surface area contributed by atoms with E-state index in [9.17, 15) is 18.0 Å². The van der Waals surface area contributed by atoms with Crippen molar-refractivity contribution in [2.45, 2.75) is 36.4 Å². The molecule has 23 heavy (non-hydrogen) atoms. The summed E-state index contributed by atoms with van der Waals surface area (Å²) in [5.41, 5.74) is 0. The number of amides is 1. The van der Waals surface area contributed by atoms with Gasteiger partial charge in [-0.05, 0) is 37.1 Å². The molecule has 0 aromatic carbocycles. The second-order valence-corrected chi connectivity index (χ2v) is 8.53. The molecular weight excluding hydrogens is 340 g/mol. The van der Waals surface area contributed by atoms with Crippen LogP contribution >= 0.6 is 11.3 Å². The summed E-state index contributed by atoms with van der Waals surface area (Å²) < 4.78 is 26.8. The lowest BCUT2D eigenvalue weighted by atomic mass is 9.93. The molecule has 1 aliphatic heterocycles. The van der Waals surface area contributed by atoms with Gasteiger partial charge in [-0.25, -0.2) is 8.42 Å². The third-order valence-electron chi connectivity index (χ3n) is 3.85. The van der Waals surface area contributed by atoms with Crippen molar-refractivity contribution in [3.05, 3.63) is 17.5 Å². The molecule has 1 amide bonds. The second kappa shape index (κ2) is 7.41. The second-order valence-electron chi connectivity index (χ2n) is 5.64. The Bertz CT molecular complexity index is 649. The SMILES string of the molecule is CC(NS(=O)(=O)c1cccs1)C(=O)N1CCC(CC(=O)O)CC1. The summed E-state index contributed by atoms with van der Waals surface area (Å²) >= 11 is 1.09. The molecule has 128 valence electrons. The molecule has 0 aliphatic carbocycles. The summed E-state index contributed by atoms with van der Waals surface area (Å²) in [6.45, 7) is 2.44. The van der Waals surface area contributed by atoms with Crippen LogP contribution < -0.4 is 4.72 Å². The van der Waals surface area contributed by atoms with Crippen molar-refractivity contribution >= 4 is 33.2 Å². The number of aliphatic carboxylic acids is 1. The number of hydrogen-bond acceptors (Lipinski definition) is 5. The van der Waals surface area contributed by atoms with Gasteiger partial charge in [-0.1, -0.05) is 6.07 Å². The van der Waals surface area contributed by atoms with E-state index in [2.05, 4.69) is 4.72 Å². The Morgan fingerprint density at radius 1 is 1.43 bits per heavy atom. The van der Waals surface area contributed by atoms with Crippen LogP contribution in [0.1, 0.15) is 26.2 Å². The smallest absolute Gasteiger partial charge is 0.303 e. The van der Waals surface area contributed by atoms with Crippen molar-refractivity contribution in [3.8, 4) is 0 Å². The molecule has 1 unspecified atom stereocenters. The maximum absolute atomic E-state index is 12.4. The standard InChI is InChI=1S/C14H20N2O5S2/c1-10(15-23(20,21)13-3-2-8-22-13)14(19)16-6-4-11(5-7-16)9-12(17)18/h2-3,8,10-11,15H,4-7,9H2,1H3,(H,17,18). The highest BCUT2D eigenvalue weighted by Crippen LogP contribution is 2.21. The van der Waals surface area contributed by atoms with Crippen LogP contribution in [0, 0.1) is 5.92 Å². The average Bonchev–Trinajstić information content (AvgIpc) is 3.01. The Labute approximate surface area is 139 Å². The van der Waals surface area contributed by atoms with Crippen molar-refractivity contribution in [2.24, 2.45) is 5.92 Å². The van der Waals surface area contributed by atoms with Gasteiger partial charge in [-0.15, -0.1) is 11.3 Å². The molecule has 0 saturated carbocycles. The summed E-state index contributed by atoms with van der Waals surface area (Å²) in [5, 5.41) is 10.5. The lowest BCUT2D eigenvalue weighted by Crippen LogP contribution is -2.49. The molecule has 1 aromatic rings. The quantitative estimate of drug-likeness (QED) is 0.791. The Kier molecular flexibility index (Phi) is 5.77. The molecule has 1 fully saturated rings. The predicted molar refractivity (Wildman–Crippen MR) is 85.7 cm³/mol. The first-order valence-corrected chi connectivity index (χ1v) is 9.72. The third kappa shape index (κ3) is 4.76. The van der Waals surface area contributed by atoms with Gasteiger partial charge in [0.1, 0.15) is 4.21 Å². The van der Waals surface area contributed by atoms with Gasteiger partial charge in [0.05, 0.1) is 6.04 Å². The minimum Gasteiger partial charge on any atom is -0.481 e. The van der Waals surface area contributed by atoms with Gasteiger partial charge < -0.3 is 10.0 Å². The molecule has 2 N–H and O–H groups in total. The molecular formula is C14H20N2O5S2. The first-order valence-electron chi connectivity index (χ1n) is 7.36. The minimum atomic E-state index is -3.68. The molecule has 1 atom stereocenters. The number of carboxylic acids is 1. The van der Waals surface area contributed by atoms with Gasteiger partial charge in [-0.3, -0.25) is 9.59 Å². The fourth-order valence-electron chi connectivity index (χ4n) is 2.64. The molecule has 0 bridgehead atoms. The summed E-state index contributed by atoms with van der Waals surface area (Å²) in [6.07, 6.45) is 1.37. The summed E-state index contributed by atoms with van der Waals surface area (Å²) in [4.78, 5) is 24.7. The molecule has 7 nitrogen and oxygen atoms in total. The summed E-state index contributed by atoms with van der Waals surface area (Å²) in [7, 11) is -3.68. The highest BCUT2D eigenvalue weighted by Gasteiger charge is 2.29. The van der Waals surface area contributed by atoms with E-state index in [1.54, 1.807) is 16.3 Å². The van der Waals surface area contributed by atoms with E-state index in [1.807, 2.05) is 0 Å². The molecule has 2 heterocycles. The Hall–Kier alpha value is -1.45. The number of piperidine rings is 1. The molecule has 1 aromatic heterocycles. The highest BCUT2D eigenvalue weighted by molar-refractivity contribution is 7.91. The van der Waals surface area contributed by atoms with Crippen molar-refractivity contribution in [1.82, 2.24) is 9.62 Å². The molecule has 0 spiro atoms. The zero-order valence-electron chi connectivity index (χ0n) is 12.8. The molecule has 2 rings (SSSR count). The molecule has 1 aliphatic rings. The van der Waals surface area contributed by atoms with E-state index in [-0.39, 0.29) is 22.5 Å². The number of carbonyl (C=O) groups is 2. The van der Waals surface area contributed by atoms with Gasteiger partial charge in [-0.2, -0.15) is 4.72 Å². The maximum Gasteiger partial charge on any atom is 0.303 e. The fourth-order valence-corrected chi connectivity index (χ4v) is 4.84. The summed E-state index contributed by atoms with van der Waals surface area (Å²) in [6, 6.07) is 2.28. The number of likely N-dealkylation sites (tertiary alicyclic amines) is 1. The first kappa shape index (κ1) is 17.9. The number of rotatable bonds is 6. The topological polar surface area (TPSA) is 104 Å². The minimum absolute atomic E-state index is 0.0784. The lowest BCUT2D eigenvalue weighted by Gasteiger charge is -2.33. The van der Waals surface area contributed by atoms with E-state index in [1.165, 1.54) is 13.0 Å². The fraction of sp³-hybridized carbons (Fsp3) is 0.571. The summed E-state index contributed by atoms with van der Waals surface area (Å²) in [5.74, 6) is -1.03. The van der Waals surface area contributed by atoms with Crippen LogP contribution in [-0.4, -0.2) is 49.4 Å². The zero-order valence-corrected chi connectivity index (χ0v) is 14.4. The van der Waals surface area contributed by atoms with Crippen molar-refractivity contribution < 1.29 is 23.1 Å². The van der Waals surface area contributed by atoms with Crippen molar-refractivity contribution in [3.63, 3.8) is 0 Å². The molecule has 0 radical (unpaired) electrons. The van der Waals surface area contributed by atoms with Gasteiger partial charge in [0.25, 0.3) is 10.0 Å². The number of nitrogens with zero attached hydrogens (tertiary/aromatic N) is 1. The van der Waals surface area contributed by atoms with Gasteiger partial charge in [0, 0.05) is 19.5 Å². The highest BCUT2D eigenvalue weighted by atomic mass is 32.2. The van der Waals surface area contributed by atoms with E-state index < -0.39 is 22.0 Å². The van der Waals surface area contributed by atoms with E-state index in [0.29, 0.717) is 25.9 Å². The number of nitrogens with one attached hydrogen (secondary N) is 1. The Morgan fingerprint density at radius 2 is 2.09 bits per heavy atom. The number of carboxylic acid groups (broad SMARTS) is 1. The van der Waals surface area contributed by atoms with Crippen molar-refractivity contribution in [1.29, 1.82) is 0 Å². The van der Waals surface area contributed by atoms with Gasteiger partial charge in [0.2, 0.25) is 5.91 Å².